The maximum atomic E-state index is 12.0. The SMILES string of the molecule is C[C@@H]1CN(c2ccc(NC(=O)NCc3cccnc3)cc2)C[C@@H](C)O1. The second kappa shape index (κ2) is 7.98. The van der Waals surface area contributed by atoms with E-state index in [0.717, 1.165) is 30.0 Å². The molecular weight excluding hydrogens is 316 g/mol. The van der Waals surface area contributed by atoms with Gasteiger partial charge in [-0.1, -0.05) is 6.07 Å². The second-order valence-corrected chi connectivity index (χ2v) is 6.38. The molecule has 0 saturated carbocycles. The van der Waals surface area contributed by atoms with Crippen LogP contribution >= 0.6 is 0 Å². The van der Waals surface area contributed by atoms with Gasteiger partial charge in [0.25, 0.3) is 0 Å². The summed E-state index contributed by atoms with van der Waals surface area (Å²) in [6.45, 7) is 6.38. The predicted octanol–water partition coefficient (Wildman–Crippen LogP) is 3.02. The summed E-state index contributed by atoms with van der Waals surface area (Å²) in [6.07, 6.45) is 3.89. The minimum Gasteiger partial charge on any atom is -0.372 e. The van der Waals surface area contributed by atoms with Crippen LogP contribution in [0.25, 0.3) is 0 Å². The molecule has 1 aromatic carbocycles. The highest BCUT2D eigenvalue weighted by atomic mass is 16.5. The summed E-state index contributed by atoms with van der Waals surface area (Å²) in [5.74, 6) is 0. The zero-order valence-corrected chi connectivity index (χ0v) is 14.6. The molecule has 0 radical (unpaired) electrons. The Hall–Kier alpha value is -2.60. The van der Waals surface area contributed by atoms with Crippen molar-refractivity contribution in [2.75, 3.05) is 23.3 Å². The number of rotatable bonds is 4. The molecule has 0 unspecified atom stereocenters. The van der Waals surface area contributed by atoms with Gasteiger partial charge >= 0.3 is 6.03 Å². The summed E-state index contributed by atoms with van der Waals surface area (Å²) in [6, 6.07) is 11.4. The fourth-order valence-corrected chi connectivity index (χ4v) is 3.00. The van der Waals surface area contributed by atoms with E-state index in [1.807, 2.05) is 36.4 Å². The molecule has 1 aliphatic rings. The molecule has 0 aliphatic carbocycles. The molecule has 0 spiro atoms. The van der Waals surface area contributed by atoms with Gasteiger partial charge < -0.3 is 20.3 Å². The highest BCUT2D eigenvalue weighted by molar-refractivity contribution is 5.89. The van der Waals surface area contributed by atoms with Gasteiger partial charge in [0, 0.05) is 43.4 Å². The molecule has 1 fully saturated rings. The summed E-state index contributed by atoms with van der Waals surface area (Å²) < 4.78 is 5.77. The Morgan fingerprint density at radius 2 is 1.92 bits per heavy atom. The zero-order valence-electron chi connectivity index (χ0n) is 14.6. The molecule has 25 heavy (non-hydrogen) atoms. The predicted molar refractivity (Wildman–Crippen MR) is 98.8 cm³/mol. The number of nitrogens with one attached hydrogen (secondary N) is 2. The van der Waals surface area contributed by atoms with E-state index in [4.69, 9.17) is 4.74 Å². The molecule has 2 amide bonds. The first-order valence-corrected chi connectivity index (χ1v) is 8.54. The zero-order chi connectivity index (χ0) is 17.6. The lowest BCUT2D eigenvalue weighted by molar-refractivity contribution is -0.00521. The first-order chi connectivity index (χ1) is 12.1. The third-order valence-corrected chi connectivity index (χ3v) is 4.09. The van der Waals surface area contributed by atoms with Crippen LogP contribution in [0.2, 0.25) is 0 Å². The topological polar surface area (TPSA) is 66.5 Å². The van der Waals surface area contributed by atoms with Gasteiger partial charge in [-0.25, -0.2) is 4.79 Å². The number of carbonyl (C=O) groups excluding carboxylic acids is 1. The monoisotopic (exact) mass is 340 g/mol. The van der Waals surface area contributed by atoms with Crippen molar-refractivity contribution in [1.29, 1.82) is 0 Å². The molecular formula is C19H24N4O2. The molecule has 6 heteroatoms. The van der Waals surface area contributed by atoms with E-state index >= 15 is 0 Å². The first-order valence-electron chi connectivity index (χ1n) is 8.54. The number of carbonyl (C=O) groups is 1. The van der Waals surface area contributed by atoms with Gasteiger partial charge in [0.1, 0.15) is 0 Å². The molecule has 6 nitrogen and oxygen atoms in total. The van der Waals surface area contributed by atoms with Gasteiger partial charge in [0.2, 0.25) is 0 Å². The van der Waals surface area contributed by atoms with E-state index in [2.05, 4.69) is 34.4 Å². The number of anilines is 2. The largest absolute Gasteiger partial charge is 0.372 e. The number of amides is 2. The van der Waals surface area contributed by atoms with E-state index in [1.165, 1.54) is 0 Å². The van der Waals surface area contributed by atoms with Gasteiger partial charge in [-0.2, -0.15) is 0 Å². The number of hydrogen-bond donors (Lipinski definition) is 2. The average Bonchev–Trinajstić information content (AvgIpc) is 2.61. The van der Waals surface area contributed by atoms with Crippen LogP contribution < -0.4 is 15.5 Å². The van der Waals surface area contributed by atoms with E-state index < -0.39 is 0 Å². The molecule has 2 heterocycles. The van der Waals surface area contributed by atoms with Crippen molar-refractivity contribution < 1.29 is 9.53 Å². The average molecular weight is 340 g/mol. The number of urea groups is 1. The molecule has 1 aliphatic heterocycles. The number of hydrogen-bond acceptors (Lipinski definition) is 4. The second-order valence-electron chi connectivity index (χ2n) is 6.38. The van der Waals surface area contributed by atoms with Crippen LogP contribution in [0.5, 0.6) is 0 Å². The Labute approximate surface area is 148 Å². The number of benzene rings is 1. The van der Waals surface area contributed by atoms with Crippen LogP contribution in [0, 0.1) is 0 Å². The highest BCUT2D eigenvalue weighted by Gasteiger charge is 2.22. The Bertz CT molecular complexity index is 680. The number of pyridine rings is 1. The normalized spacial score (nSPS) is 20.2. The van der Waals surface area contributed by atoms with Crippen molar-refractivity contribution in [2.45, 2.75) is 32.6 Å². The van der Waals surface area contributed by atoms with Gasteiger partial charge in [-0.05, 0) is 49.7 Å². The Balaban J connectivity index is 1.52. The van der Waals surface area contributed by atoms with Crippen LogP contribution in [0.3, 0.4) is 0 Å². The van der Waals surface area contributed by atoms with E-state index in [0.29, 0.717) is 6.54 Å². The lowest BCUT2D eigenvalue weighted by atomic mass is 10.2. The molecule has 1 saturated heterocycles. The summed E-state index contributed by atoms with van der Waals surface area (Å²) in [4.78, 5) is 18.3. The third-order valence-electron chi connectivity index (χ3n) is 4.09. The molecule has 0 bridgehead atoms. The molecule has 2 N–H and O–H groups in total. The van der Waals surface area contributed by atoms with Gasteiger partial charge in [-0.3, -0.25) is 4.98 Å². The van der Waals surface area contributed by atoms with E-state index in [9.17, 15) is 4.79 Å². The third kappa shape index (κ3) is 4.93. The highest BCUT2D eigenvalue weighted by Crippen LogP contribution is 2.22. The van der Waals surface area contributed by atoms with Gasteiger partial charge in [0.15, 0.2) is 0 Å². The minimum atomic E-state index is -0.231. The Morgan fingerprint density at radius 3 is 2.56 bits per heavy atom. The molecule has 2 atom stereocenters. The first kappa shape index (κ1) is 17.2. The summed E-state index contributed by atoms with van der Waals surface area (Å²) >= 11 is 0. The van der Waals surface area contributed by atoms with Gasteiger partial charge in [-0.15, -0.1) is 0 Å². The van der Waals surface area contributed by atoms with Crippen LogP contribution in [0.4, 0.5) is 16.2 Å². The number of ether oxygens (including phenoxy) is 1. The Kier molecular flexibility index (Phi) is 5.50. The Morgan fingerprint density at radius 1 is 1.20 bits per heavy atom. The molecule has 132 valence electrons. The van der Waals surface area contributed by atoms with Crippen molar-refractivity contribution in [3.05, 3.63) is 54.4 Å². The summed E-state index contributed by atoms with van der Waals surface area (Å²) in [5, 5.41) is 5.67. The van der Waals surface area contributed by atoms with Crippen molar-refractivity contribution in [1.82, 2.24) is 10.3 Å². The van der Waals surface area contributed by atoms with Crippen LogP contribution in [-0.4, -0.2) is 36.3 Å². The molecule has 3 rings (SSSR count). The fourth-order valence-electron chi connectivity index (χ4n) is 3.00. The minimum absolute atomic E-state index is 0.222. The lowest BCUT2D eigenvalue weighted by Crippen LogP contribution is -2.45. The van der Waals surface area contributed by atoms with Crippen LogP contribution in [0.15, 0.2) is 48.8 Å². The van der Waals surface area contributed by atoms with Gasteiger partial charge in [0.05, 0.1) is 12.2 Å². The maximum absolute atomic E-state index is 12.0. The summed E-state index contributed by atoms with van der Waals surface area (Å²) in [5.41, 5.74) is 2.87. The standard InChI is InChI=1S/C19H24N4O2/c1-14-12-23(13-15(2)25-14)18-7-5-17(6-8-18)22-19(24)21-11-16-4-3-9-20-10-16/h3-10,14-15H,11-13H2,1-2H3,(H2,21,22,24)/t14-,15-/m1/s1. The van der Waals surface area contributed by atoms with E-state index in [1.54, 1.807) is 12.4 Å². The number of aromatic nitrogens is 1. The van der Waals surface area contributed by atoms with Crippen molar-refractivity contribution in [3.8, 4) is 0 Å². The van der Waals surface area contributed by atoms with Crippen LogP contribution in [0.1, 0.15) is 19.4 Å². The molecule has 1 aromatic heterocycles. The number of nitrogens with zero attached hydrogens (tertiary/aromatic N) is 2. The quantitative estimate of drug-likeness (QED) is 0.898. The summed E-state index contributed by atoms with van der Waals surface area (Å²) in [7, 11) is 0. The molecule has 2 aromatic rings. The fraction of sp³-hybridized carbons (Fsp3) is 0.368. The van der Waals surface area contributed by atoms with Crippen LogP contribution in [-0.2, 0) is 11.3 Å². The van der Waals surface area contributed by atoms with Crippen molar-refractivity contribution in [2.24, 2.45) is 0 Å². The maximum Gasteiger partial charge on any atom is 0.319 e. The van der Waals surface area contributed by atoms with Crippen molar-refractivity contribution >= 4 is 17.4 Å². The number of morpholine rings is 1. The lowest BCUT2D eigenvalue weighted by Gasteiger charge is -2.36. The smallest absolute Gasteiger partial charge is 0.319 e. The van der Waals surface area contributed by atoms with Crippen molar-refractivity contribution in [3.63, 3.8) is 0 Å². The van der Waals surface area contributed by atoms with E-state index in [-0.39, 0.29) is 18.2 Å².